The van der Waals surface area contributed by atoms with E-state index in [1.807, 2.05) is 30.3 Å². The number of amides is 1. The molecule has 0 atom stereocenters. The first-order valence-corrected chi connectivity index (χ1v) is 9.34. The lowest BCUT2D eigenvalue weighted by Crippen LogP contribution is -2.32. The Kier molecular flexibility index (Phi) is 6.16. The van der Waals surface area contributed by atoms with Gasteiger partial charge < -0.3 is 14.8 Å². The van der Waals surface area contributed by atoms with E-state index in [1.54, 1.807) is 0 Å². The van der Waals surface area contributed by atoms with Gasteiger partial charge in [0.1, 0.15) is 18.1 Å². The quantitative estimate of drug-likeness (QED) is 0.771. The first kappa shape index (κ1) is 18.3. The molecule has 0 radical (unpaired) electrons. The number of hydrogen-bond acceptors (Lipinski definition) is 3. The summed E-state index contributed by atoms with van der Waals surface area (Å²) in [6.07, 6.45) is 4.57. The number of carbonyl (C=O) groups excluding carboxylic acids is 1. The van der Waals surface area contributed by atoms with Crippen molar-refractivity contribution in [1.82, 2.24) is 5.32 Å². The molecule has 0 unspecified atom stereocenters. The van der Waals surface area contributed by atoms with Gasteiger partial charge in [-0.2, -0.15) is 0 Å². The molecule has 0 saturated heterocycles. The van der Waals surface area contributed by atoms with E-state index >= 15 is 0 Å². The van der Waals surface area contributed by atoms with Crippen LogP contribution in [-0.4, -0.2) is 25.7 Å². The number of nitrogens with one attached hydrogen (secondary N) is 1. The molecule has 2 aromatic rings. The van der Waals surface area contributed by atoms with Crippen LogP contribution in [0.5, 0.6) is 11.5 Å². The molecule has 0 bridgehead atoms. The van der Waals surface area contributed by atoms with Gasteiger partial charge in [0, 0.05) is 0 Å². The van der Waals surface area contributed by atoms with E-state index in [9.17, 15) is 4.79 Å². The summed E-state index contributed by atoms with van der Waals surface area (Å²) in [6, 6.07) is 12.1. The van der Waals surface area contributed by atoms with E-state index in [0.717, 1.165) is 24.3 Å². The number of fused-ring (bicyclic) bond motifs is 1. The first-order chi connectivity index (χ1) is 12.6. The second kappa shape index (κ2) is 8.75. The Bertz CT molecular complexity index is 770. The summed E-state index contributed by atoms with van der Waals surface area (Å²) in [6.45, 7) is 5.07. The summed E-state index contributed by atoms with van der Waals surface area (Å²) in [5.41, 5.74) is 5.07. The topological polar surface area (TPSA) is 47.6 Å². The van der Waals surface area contributed by atoms with Crippen LogP contribution in [0.3, 0.4) is 0 Å². The van der Waals surface area contributed by atoms with Crippen LogP contribution < -0.4 is 14.8 Å². The molecule has 3 rings (SSSR count). The number of aryl methyl sites for hydroxylation is 3. The van der Waals surface area contributed by atoms with Crippen molar-refractivity contribution in [3.8, 4) is 11.5 Å². The average molecular weight is 353 g/mol. The lowest BCUT2D eigenvalue weighted by molar-refractivity contribution is -0.123. The monoisotopic (exact) mass is 353 g/mol. The smallest absolute Gasteiger partial charge is 0.258 e. The van der Waals surface area contributed by atoms with Crippen LogP contribution in [0.15, 0.2) is 36.4 Å². The zero-order chi connectivity index (χ0) is 18.4. The highest BCUT2D eigenvalue weighted by Crippen LogP contribution is 2.29. The SMILES string of the molecule is Cc1ccc(OCCNC(=O)COc2cccc3c2CCCC3)cc1C. The highest BCUT2D eigenvalue weighted by molar-refractivity contribution is 5.77. The molecule has 4 nitrogen and oxygen atoms in total. The Morgan fingerprint density at radius 1 is 1.04 bits per heavy atom. The number of rotatable bonds is 7. The Labute approximate surface area is 155 Å². The number of benzene rings is 2. The zero-order valence-corrected chi connectivity index (χ0v) is 15.6. The van der Waals surface area contributed by atoms with Crippen LogP contribution >= 0.6 is 0 Å². The highest BCUT2D eigenvalue weighted by atomic mass is 16.5. The molecule has 0 aliphatic heterocycles. The molecular weight excluding hydrogens is 326 g/mol. The maximum absolute atomic E-state index is 12.0. The average Bonchev–Trinajstić information content (AvgIpc) is 2.66. The van der Waals surface area contributed by atoms with E-state index in [-0.39, 0.29) is 12.5 Å². The van der Waals surface area contributed by atoms with Gasteiger partial charge in [-0.25, -0.2) is 0 Å². The molecule has 0 heterocycles. The molecular formula is C22H27NO3. The van der Waals surface area contributed by atoms with Gasteiger partial charge in [-0.3, -0.25) is 4.79 Å². The lowest BCUT2D eigenvalue weighted by Gasteiger charge is -2.19. The highest BCUT2D eigenvalue weighted by Gasteiger charge is 2.14. The maximum Gasteiger partial charge on any atom is 0.258 e. The van der Waals surface area contributed by atoms with Crippen molar-refractivity contribution in [2.45, 2.75) is 39.5 Å². The van der Waals surface area contributed by atoms with Crippen molar-refractivity contribution >= 4 is 5.91 Å². The van der Waals surface area contributed by atoms with Gasteiger partial charge in [0.2, 0.25) is 0 Å². The van der Waals surface area contributed by atoms with Gasteiger partial charge in [-0.15, -0.1) is 0 Å². The molecule has 2 aromatic carbocycles. The minimum absolute atomic E-state index is 0.0418. The molecule has 1 aliphatic carbocycles. The van der Waals surface area contributed by atoms with Crippen LogP contribution in [-0.2, 0) is 17.6 Å². The zero-order valence-electron chi connectivity index (χ0n) is 15.6. The van der Waals surface area contributed by atoms with Crippen LogP contribution in [0.4, 0.5) is 0 Å². The molecule has 1 aliphatic rings. The van der Waals surface area contributed by atoms with E-state index in [4.69, 9.17) is 9.47 Å². The van der Waals surface area contributed by atoms with Gasteiger partial charge >= 0.3 is 0 Å². The predicted molar refractivity (Wildman–Crippen MR) is 103 cm³/mol. The largest absolute Gasteiger partial charge is 0.492 e. The van der Waals surface area contributed by atoms with Gasteiger partial charge in [-0.1, -0.05) is 18.2 Å². The fourth-order valence-electron chi connectivity index (χ4n) is 3.24. The van der Waals surface area contributed by atoms with E-state index in [1.165, 1.54) is 35.1 Å². The molecule has 0 saturated carbocycles. The molecule has 0 fully saturated rings. The van der Waals surface area contributed by atoms with Crippen molar-refractivity contribution in [2.24, 2.45) is 0 Å². The summed E-state index contributed by atoms with van der Waals surface area (Å²) in [5.74, 6) is 1.56. The van der Waals surface area contributed by atoms with Crippen molar-refractivity contribution in [3.05, 3.63) is 58.7 Å². The summed E-state index contributed by atoms with van der Waals surface area (Å²) in [7, 11) is 0. The molecule has 0 aromatic heterocycles. The second-order valence-electron chi connectivity index (χ2n) is 6.83. The van der Waals surface area contributed by atoms with Crippen molar-refractivity contribution in [2.75, 3.05) is 19.8 Å². The van der Waals surface area contributed by atoms with Gasteiger partial charge in [-0.05, 0) is 80.0 Å². The third kappa shape index (κ3) is 4.78. The Morgan fingerprint density at radius 3 is 2.73 bits per heavy atom. The molecule has 138 valence electrons. The Hall–Kier alpha value is -2.49. The van der Waals surface area contributed by atoms with E-state index in [2.05, 4.69) is 25.2 Å². The summed E-state index contributed by atoms with van der Waals surface area (Å²) < 4.78 is 11.4. The van der Waals surface area contributed by atoms with Crippen molar-refractivity contribution in [1.29, 1.82) is 0 Å². The fourth-order valence-corrected chi connectivity index (χ4v) is 3.24. The number of carbonyl (C=O) groups is 1. The third-order valence-corrected chi connectivity index (χ3v) is 4.88. The van der Waals surface area contributed by atoms with Crippen LogP contribution in [0, 0.1) is 13.8 Å². The summed E-state index contributed by atoms with van der Waals surface area (Å²) in [5, 5.41) is 2.84. The van der Waals surface area contributed by atoms with Crippen LogP contribution in [0.25, 0.3) is 0 Å². The molecule has 26 heavy (non-hydrogen) atoms. The Morgan fingerprint density at radius 2 is 1.88 bits per heavy atom. The minimum atomic E-state index is -0.123. The number of ether oxygens (including phenoxy) is 2. The molecule has 1 N–H and O–H groups in total. The maximum atomic E-state index is 12.0. The van der Waals surface area contributed by atoms with Crippen molar-refractivity contribution in [3.63, 3.8) is 0 Å². The number of hydrogen-bond donors (Lipinski definition) is 1. The normalized spacial score (nSPS) is 13.0. The van der Waals surface area contributed by atoms with Gasteiger partial charge in [0.25, 0.3) is 5.91 Å². The van der Waals surface area contributed by atoms with E-state index < -0.39 is 0 Å². The molecule has 0 spiro atoms. The summed E-state index contributed by atoms with van der Waals surface area (Å²) >= 11 is 0. The van der Waals surface area contributed by atoms with Gasteiger partial charge in [0.05, 0.1) is 6.54 Å². The van der Waals surface area contributed by atoms with Crippen molar-refractivity contribution < 1.29 is 14.3 Å². The standard InChI is InChI=1S/C22H27NO3/c1-16-10-11-19(14-17(16)2)25-13-12-23-22(24)15-26-21-9-5-7-18-6-3-4-8-20(18)21/h5,7,9-11,14H,3-4,6,8,12-13,15H2,1-2H3,(H,23,24). The second-order valence-corrected chi connectivity index (χ2v) is 6.83. The molecule has 4 heteroatoms. The third-order valence-electron chi connectivity index (χ3n) is 4.88. The Balaban J connectivity index is 1.40. The lowest BCUT2D eigenvalue weighted by atomic mass is 9.91. The first-order valence-electron chi connectivity index (χ1n) is 9.34. The van der Waals surface area contributed by atoms with E-state index in [0.29, 0.717) is 13.2 Å². The van der Waals surface area contributed by atoms with Gasteiger partial charge in [0.15, 0.2) is 6.61 Å². The predicted octanol–water partition coefficient (Wildman–Crippen LogP) is 3.76. The van der Waals surface area contributed by atoms with Crippen LogP contribution in [0.2, 0.25) is 0 Å². The fraction of sp³-hybridized carbons (Fsp3) is 0.409. The summed E-state index contributed by atoms with van der Waals surface area (Å²) in [4.78, 5) is 12.0. The van der Waals surface area contributed by atoms with Crippen LogP contribution in [0.1, 0.15) is 35.1 Å². The molecule has 1 amide bonds. The minimum Gasteiger partial charge on any atom is -0.492 e.